The number of nitrogens with two attached hydrogens (primary N) is 2. The lowest BCUT2D eigenvalue weighted by Crippen LogP contribution is -2.26. The van der Waals surface area contributed by atoms with Crippen LogP contribution in [-0.2, 0) is 18.3 Å². The number of fused-ring (bicyclic) bond motifs is 1. The summed E-state index contributed by atoms with van der Waals surface area (Å²) in [6.45, 7) is 2.28. The Kier molecular flexibility index (Phi) is 3.34. The molecular weight excluding hydrogens is 292 g/mol. The Hall–Kier alpha value is -2.74. The number of hydrogen-bond acceptors (Lipinski definition) is 2. The first-order chi connectivity index (χ1) is 11.6. The summed E-state index contributed by atoms with van der Waals surface area (Å²) in [5, 5.41) is 0. The van der Waals surface area contributed by atoms with Crippen LogP contribution in [0.3, 0.4) is 0 Å². The van der Waals surface area contributed by atoms with Gasteiger partial charge in [-0.15, -0.1) is 0 Å². The molecule has 4 rings (SSSR count). The zero-order valence-electron chi connectivity index (χ0n) is 13.9. The van der Waals surface area contributed by atoms with Crippen LogP contribution in [0.25, 0.3) is 0 Å². The zero-order valence-corrected chi connectivity index (χ0v) is 13.9. The summed E-state index contributed by atoms with van der Waals surface area (Å²) in [6.07, 6.45) is 2.39. The molecule has 0 saturated carbocycles. The molecule has 0 heterocycles. The molecule has 0 amide bonds. The van der Waals surface area contributed by atoms with E-state index in [2.05, 4.69) is 49.4 Å². The van der Waals surface area contributed by atoms with Gasteiger partial charge in [0.05, 0.1) is 0 Å². The molecule has 4 N–H and O–H groups in total. The van der Waals surface area contributed by atoms with Gasteiger partial charge in [-0.25, -0.2) is 0 Å². The van der Waals surface area contributed by atoms with Gasteiger partial charge < -0.3 is 11.5 Å². The van der Waals surface area contributed by atoms with Gasteiger partial charge in [-0.3, -0.25) is 0 Å². The van der Waals surface area contributed by atoms with Gasteiger partial charge in [0.25, 0.3) is 0 Å². The highest BCUT2D eigenvalue weighted by Gasteiger charge is 2.32. The van der Waals surface area contributed by atoms with Crippen LogP contribution in [0.1, 0.15) is 34.7 Å². The highest BCUT2D eigenvalue weighted by atomic mass is 14.5. The summed E-state index contributed by atoms with van der Waals surface area (Å²) < 4.78 is 0. The van der Waals surface area contributed by atoms with Gasteiger partial charge in [-0.05, 0) is 71.8 Å². The summed E-state index contributed by atoms with van der Waals surface area (Å²) in [6, 6.07) is 23.3. The van der Waals surface area contributed by atoms with Crippen molar-refractivity contribution in [1.29, 1.82) is 0 Å². The molecule has 1 aliphatic rings. The summed E-state index contributed by atoms with van der Waals surface area (Å²) >= 11 is 0. The maximum absolute atomic E-state index is 5.90. The second-order valence-electron chi connectivity index (χ2n) is 6.85. The number of rotatable bonds is 3. The summed E-state index contributed by atoms with van der Waals surface area (Å²) in [4.78, 5) is 0. The van der Waals surface area contributed by atoms with E-state index in [0.717, 1.165) is 11.4 Å². The van der Waals surface area contributed by atoms with Gasteiger partial charge in [-0.2, -0.15) is 0 Å². The van der Waals surface area contributed by atoms with E-state index in [-0.39, 0.29) is 5.41 Å². The molecule has 1 aliphatic carbocycles. The third-order valence-electron chi connectivity index (χ3n) is 5.42. The van der Waals surface area contributed by atoms with E-state index in [1.165, 1.54) is 40.7 Å². The summed E-state index contributed by atoms with van der Waals surface area (Å²) in [5.41, 5.74) is 19.9. The van der Waals surface area contributed by atoms with Crippen LogP contribution >= 0.6 is 0 Å². The minimum Gasteiger partial charge on any atom is -0.399 e. The molecule has 0 radical (unpaired) electrons. The van der Waals surface area contributed by atoms with Gasteiger partial charge in [0.2, 0.25) is 0 Å². The first kappa shape index (κ1) is 14.8. The lowest BCUT2D eigenvalue weighted by molar-refractivity contribution is 0.685. The first-order valence-corrected chi connectivity index (χ1v) is 8.42. The number of hydrogen-bond donors (Lipinski definition) is 2. The molecule has 2 nitrogen and oxygen atoms in total. The number of benzene rings is 3. The molecule has 24 heavy (non-hydrogen) atoms. The minimum absolute atomic E-state index is 0.230. The second-order valence-corrected chi connectivity index (χ2v) is 6.85. The van der Waals surface area contributed by atoms with E-state index in [0.29, 0.717) is 0 Å². The van der Waals surface area contributed by atoms with E-state index < -0.39 is 0 Å². The van der Waals surface area contributed by atoms with Crippen LogP contribution in [-0.4, -0.2) is 0 Å². The monoisotopic (exact) mass is 314 g/mol. The topological polar surface area (TPSA) is 52.0 Å². The average molecular weight is 314 g/mol. The highest BCUT2D eigenvalue weighted by Crippen LogP contribution is 2.41. The van der Waals surface area contributed by atoms with Crippen LogP contribution in [0.15, 0.2) is 66.7 Å². The molecule has 0 atom stereocenters. The van der Waals surface area contributed by atoms with Crippen molar-refractivity contribution >= 4 is 11.4 Å². The van der Waals surface area contributed by atoms with Crippen molar-refractivity contribution in [2.24, 2.45) is 0 Å². The minimum atomic E-state index is -0.230. The van der Waals surface area contributed by atoms with E-state index in [1.807, 2.05) is 24.3 Å². The quantitative estimate of drug-likeness (QED) is 0.559. The molecule has 0 aliphatic heterocycles. The molecule has 0 unspecified atom stereocenters. The Morgan fingerprint density at radius 3 is 1.50 bits per heavy atom. The maximum atomic E-state index is 5.90. The molecule has 2 heteroatoms. The van der Waals surface area contributed by atoms with Crippen molar-refractivity contribution in [3.05, 3.63) is 94.5 Å². The molecule has 0 saturated heterocycles. The molecular formula is C22H22N2. The Morgan fingerprint density at radius 1 is 0.625 bits per heavy atom. The lowest BCUT2D eigenvalue weighted by Gasteiger charge is -2.34. The third kappa shape index (κ3) is 2.26. The van der Waals surface area contributed by atoms with Crippen LogP contribution in [0.2, 0.25) is 0 Å². The van der Waals surface area contributed by atoms with Crippen molar-refractivity contribution < 1.29 is 0 Å². The van der Waals surface area contributed by atoms with Crippen molar-refractivity contribution in [1.82, 2.24) is 0 Å². The molecule has 3 aromatic rings. The highest BCUT2D eigenvalue weighted by molar-refractivity contribution is 5.56. The molecule has 0 fully saturated rings. The SMILES string of the molecule is CC(c1ccc(N)cc1)(c1ccc(N)cc1)c1ccc2c(c1)CC2. The Morgan fingerprint density at radius 2 is 1.08 bits per heavy atom. The zero-order chi connectivity index (χ0) is 16.7. The fourth-order valence-corrected chi connectivity index (χ4v) is 3.64. The first-order valence-electron chi connectivity index (χ1n) is 8.42. The van der Waals surface area contributed by atoms with E-state index in [1.54, 1.807) is 0 Å². The third-order valence-corrected chi connectivity index (χ3v) is 5.42. The Bertz CT molecular complexity index is 831. The number of nitrogen functional groups attached to an aromatic ring is 2. The van der Waals surface area contributed by atoms with Gasteiger partial charge in [-0.1, -0.05) is 42.5 Å². The number of anilines is 2. The normalized spacial score (nSPS) is 13.2. The van der Waals surface area contributed by atoms with E-state index in [9.17, 15) is 0 Å². The molecule has 0 bridgehead atoms. The standard InChI is InChI=1S/C22H22N2/c1-22(17-6-10-20(23)11-7-17,18-8-12-21(24)13-9-18)19-5-4-15-2-3-16(15)14-19/h4-14H,2-3,23-24H2,1H3. The van der Waals surface area contributed by atoms with Gasteiger partial charge in [0.1, 0.15) is 0 Å². The molecule has 0 spiro atoms. The van der Waals surface area contributed by atoms with Gasteiger partial charge in [0, 0.05) is 16.8 Å². The van der Waals surface area contributed by atoms with Crippen molar-refractivity contribution in [2.75, 3.05) is 11.5 Å². The predicted molar refractivity (Wildman–Crippen MR) is 101 cm³/mol. The van der Waals surface area contributed by atoms with Crippen LogP contribution in [0.4, 0.5) is 11.4 Å². The Labute approximate surface area is 143 Å². The fourth-order valence-electron chi connectivity index (χ4n) is 3.64. The number of aryl methyl sites for hydroxylation is 2. The van der Waals surface area contributed by atoms with E-state index in [4.69, 9.17) is 11.5 Å². The summed E-state index contributed by atoms with van der Waals surface area (Å²) in [7, 11) is 0. The molecule has 0 aromatic heterocycles. The molecule has 120 valence electrons. The second kappa shape index (κ2) is 5.41. The van der Waals surface area contributed by atoms with Gasteiger partial charge >= 0.3 is 0 Å². The maximum Gasteiger partial charge on any atom is 0.0423 e. The smallest absolute Gasteiger partial charge is 0.0423 e. The average Bonchev–Trinajstić information content (AvgIpc) is 2.56. The summed E-state index contributed by atoms with van der Waals surface area (Å²) in [5.74, 6) is 0. The largest absolute Gasteiger partial charge is 0.399 e. The van der Waals surface area contributed by atoms with E-state index >= 15 is 0 Å². The van der Waals surface area contributed by atoms with Crippen molar-refractivity contribution in [2.45, 2.75) is 25.2 Å². The van der Waals surface area contributed by atoms with Crippen molar-refractivity contribution in [3.63, 3.8) is 0 Å². The van der Waals surface area contributed by atoms with Crippen LogP contribution < -0.4 is 11.5 Å². The Balaban J connectivity index is 1.92. The van der Waals surface area contributed by atoms with Gasteiger partial charge in [0.15, 0.2) is 0 Å². The van der Waals surface area contributed by atoms with Crippen LogP contribution in [0, 0.1) is 0 Å². The molecule has 3 aromatic carbocycles. The van der Waals surface area contributed by atoms with Crippen molar-refractivity contribution in [3.8, 4) is 0 Å². The fraction of sp³-hybridized carbons (Fsp3) is 0.182. The predicted octanol–water partition coefficient (Wildman–Crippen LogP) is 4.30. The van der Waals surface area contributed by atoms with Crippen LogP contribution in [0.5, 0.6) is 0 Å². The lowest BCUT2D eigenvalue weighted by atomic mass is 9.69.